The maximum atomic E-state index is 12.9. The number of anilines is 2. The summed E-state index contributed by atoms with van der Waals surface area (Å²) < 4.78 is 5.82. The zero-order valence-corrected chi connectivity index (χ0v) is 18.1. The number of carbonyl (C=O) groups excluding carboxylic acids is 1. The van der Waals surface area contributed by atoms with E-state index in [9.17, 15) is 4.79 Å². The van der Waals surface area contributed by atoms with Crippen molar-refractivity contribution in [3.05, 3.63) is 64.8 Å². The Morgan fingerprint density at radius 1 is 1.20 bits per heavy atom. The number of rotatable bonds is 7. The van der Waals surface area contributed by atoms with Crippen LogP contribution < -0.4 is 10.1 Å². The van der Waals surface area contributed by atoms with Gasteiger partial charge in [0.2, 0.25) is 5.91 Å². The van der Waals surface area contributed by atoms with E-state index in [1.807, 2.05) is 66.6 Å². The lowest BCUT2D eigenvalue weighted by atomic mass is 10.1. The normalized spacial score (nSPS) is 15.9. The Morgan fingerprint density at radius 2 is 2.07 bits per heavy atom. The van der Waals surface area contributed by atoms with Gasteiger partial charge in [0.1, 0.15) is 11.6 Å². The van der Waals surface area contributed by atoms with E-state index in [1.54, 1.807) is 11.3 Å². The number of pyridine rings is 1. The number of hydrogen-bond acceptors (Lipinski definition) is 6. The molecule has 1 saturated heterocycles. The molecule has 1 atom stereocenters. The van der Waals surface area contributed by atoms with Crippen LogP contribution in [0.4, 0.5) is 10.9 Å². The number of carbonyl (C=O) groups is 1. The van der Waals surface area contributed by atoms with Gasteiger partial charge >= 0.3 is 0 Å². The monoisotopic (exact) mass is 422 g/mol. The number of thiazole rings is 1. The van der Waals surface area contributed by atoms with Crippen molar-refractivity contribution in [2.75, 3.05) is 18.5 Å². The summed E-state index contributed by atoms with van der Waals surface area (Å²) in [6.45, 7) is 5.12. The van der Waals surface area contributed by atoms with Crippen LogP contribution in [0, 0.1) is 13.8 Å². The fraction of sp³-hybridized carbons (Fsp3) is 0.348. The predicted octanol–water partition coefficient (Wildman–Crippen LogP) is 5.03. The van der Waals surface area contributed by atoms with E-state index in [0.29, 0.717) is 13.0 Å². The number of benzene rings is 1. The van der Waals surface area contributed by atoms with Gasteiger partial charge in [-0.1, -0.05) is 24.3 Å². The van der Waals surface area contributed by atoms with Gasteiger partial charge in [0.15, 0.2) is 5.13 Å². The zero-order chi connectivity index (χ0) is 20.9. The van der Waals surface area contributed by atoms with Gasteiger partial charge in [0, 0.05) is 11.9 Å². The molecule has 0 saturated carbocycles. The lowest BCUT2D eigenvalue weighted by Gasteiger charge is -2.25. The minimum atomic E-state index is 0.00995. The van der Waals surface area contributed by atoms with Crippen LogP contribution in [-0.4, -0.2) is 33.9 Å². The first kappa shape index (κ1) is 20.3. The summed E-state index contributed by atoms with van der Waals surface area (Å²) in [6.07, 6.45) is 2.28. The van der Waals surface area contributed by atoms with Crippen molar-refractivity contribution in [2.45, 2.75) is 39.2 Å². The van der Waals surface area contributed by atoms with Crippen molar-refractivity contribution in [1.29, 1.82) is 0 Å². The number of nitrogens with zero attached hydrogens (tertiary/aromatic N) is 3. The summed E-state index contributed by atoms with van der Waals surface area (Å²) in [5, 5.41) is 6.09. The minimum absolute atomic E-state index is 0.00995. The van der Waals surface area contributed by atoms with Crippen molar-refractivity contribution in [1.82, 2.24) is 14.9 Å². The largest absolute Gasteiger partial charge is 0.493 e. The molecule has 1 aliphatic heterocycles. The Kier molecular flexibility index (Phi) is 6.28. The highest BCUT2D eigenvalue weighted by molar-refractivity contribution is 7.13. The summed E-state index contributed by atoms with van der Waals surface area (Å²) in [5.41, 5.74) is 2.98. The van der Waals surface area contributed by atoms with E-state index >= 15 is 0 Å². The number of ether oxygens (including phenoxy) is 1. The molecule has 0 unspecified atom stereocenters. The lowest BCUT2D eigenvalue weighted by molar-refractivity contribution is -0.132. The van der Waals surface area contributed by atoms with Gasteiger partial charge in [-0.15, -0.1) is 11.3 Å². The third kappa shape index (κ3) is 4.79. The van der Waals surface area contributed by atoms with Gasteiger partial charge in [0.05, 0.1) is 30.5 Å². The molecule has 3 heterocycles. The van der Waals surface area contributed by atoms with Gasteiger partial charge in [-0.25, -0.2) is 9.97 Å². The van der Waals surface area contributed by atoms with Crippen molar-refractivity contribution in [2.24, 2.45) is 0 Å². The Bertz CT molecular complexity index is 1020. The van der Waals surface area contributed by atoms with Crippen LogP contribution in [0.5, 0.6) is 5.75 Å². The maximum Gasteiger partial charge on any atom is 0.226 e. The zero-order valence-electron chi connectivity index (χ0n) is 17.3. The molecular weight excluding hydrogens is 396 g/mol. The Labute approximate surface area is 180 Å². The number of nitrogens with one attached hydrogen (secondary N) is 1. The molecular formula is C23H26N4O2S. The molecule has 30 heavy (non-hydrogen) atoms. The summed E-state index contributed by atoms with van der Waals surface area (Å²) in [5.74, 6) is 1.70. The number of hydrogen-bond donors (Lipinski definition) is 1. The number of aryl methyl sites for hydroxylation is 2. The average molecular weight is 423 g/mol. The maximum absolute atomic E-state index is 12.9. The summed E-state index contributed by atoms with van der Waals surface area (Å²) in [7, 11) is 0. The Morgan fingerprint density at radius 3 is 2.87 bits per heavy atom. The van der Waals surface area contributed by atoms with Crippen molar-refractivity contribution in [3.63, 3.8) is 0 Å². The van der Waals surface area contributed by atoms with Crippen LogP contribution in [0.25, 0.3) is 0 Å². The second-order valence-electron chi connectivity index (χ2n) is 7.48. The molecule has 2 aromatic heterocycles. The first-order valence-electron chi connectivity index (χ1n) is 10.2. The lowest BCUT2D eigenvalue weighted by Crippen LogP contribution is -2.32. The topological polar surface area (TPSA) is 67.4 Å². The molecule has 6 nitrogen and oxygen atoms in total. The fourth-order valence-electron chi connectivity index (χ4n) is 3.71. The number of aromatic nitrogens is 2. The number of amides is 1. The SMILES string of the molecule is Cc1csc(Nc2cccc([C@H]3CCCN3C(=O)CCOc3ccccc3C)n2)n1. The van der Waals surface area contributed by atoms with Crippen molar-refractivity contribution >= 4 is 28.2 Å². The molecule has 0 radical (unpaired) electrons. The first-order chi connectivity index (χ1) is 14.6. The molecule has 1 aliphatic rings. The first-order valence-corrected chi connectivity index (χ1v) is 11.1. The van der Waals surface area contributed by atoms with Crippen LogP contribution in [0.15, 0.2) is 47.8 Å². The van der Waals surface area contributed by atoms with Crippen LogP contribution in [0.3, 0.4) is 0 Å². The highest BCUT2D eigenvalue weighted by atomic mass is 32.1. The quantitative estimate of drug-likeness (QED) is 0.578. The van der Waals surface area contributed by atoms with E-state index in [1.165, 1.54) is 0 Å². The van der Waals surface area contributed by atoms with Crippen LogP contribution in [0.2, 0.25) is 0 Å². The van der Waals surface area contributed by atoms with Gasteiger partial charge in [-0.3, -0.25) is 4.79 Å². The Balaban J connectivity index is 1.38. The molecule has 0 bridgehead atoms. The minimum Gasteiger partial charge on any atom is -0.493 e. The molecule has 4 rings (SSSR count). The van der Waals surface area contributed by atoms with E-state index in [0.717, 1.165) is 53.0 Å². The van der Waals surface area contributed by atoms with Crippen LogP contribution in [0.1, 0.15) is 42.3 Å². The molecule has 1 N–H and O–H groups in total. The molecule has 0 aliphatic carbocycles. The second kappa shape index (κ2) is 9.26. The van der Waals surface area contributed by atoms with Gasteiger partial charge in [-0.05, 0) is 50.5 Å². The molecule has 1 aromatic carbocycles. The predicted molar refractivity (Wildman–Crippen MR) is 119 cm³/mol. The molecule has 7 heteroatoms. The van der Waals surface area contributed by atoms with E-state index in [-0.39, 0.29) is 11.9 Å². The molecule has 0 spiro atoms. The number of para-hydroxylation sites is 1. The summed E-state index contributed by atoms with van der Waals surface area (Å²) in [4.78, 5) is 24.0. The van der Waals surface area contributed by atoms with Crippen LogP contribution >= 0.6 is 11.3 Å². The molecule has 156 valence electrons. The Hall–Kier alpha value is -2.93. The molecule has 3 aromatic rings. The molecule has 1 fully saturated rings. The number of likely N-dealkylation sites (tertiary alicyclic amines) is 1. The summed E-state index contributed by atoms with van der Waals surface area (Å²) >= 11 is 1.56. The average Bonchev–Trinajstić information content (AvgIpc) is 3.39. The highest BCUT2D eigenvalue weighted by Gasteiger charge is 2.30. The van der Waals surface area contributed by atoms with Gasteiger partial charge in [-0.2, -0.15) is 0 Å². The fourth-order valence-corrected chi connectivity index (χ4v) is 4.41. The van der Waals surface area contributed by atoms with E-state index < -0.39 is 0 Å². The standard InChI is InChI=1S/C23H26N4O2S/c1-16-7-3-4-10-20(16)29-14-12-22(28)27-13-6-9-19(27)18-8-5-11-21(25-18)26-23-24-17(2)15-30-23/h3-5,7-8,10-11,15,19H,6,9,12-14H2,1-2H3,(H,24,25,26)/t19-/m1/s1. The van der Waals surface area contributed by atoms with Crippen LogP contribution in [-0.2, 0) is 4.79 Å². The highest BCUT2D eigenvalue weighted by Crippen LogP contribution is 2.32. The molecule has 1 amide bonds. The van der Waals surface area contributed by atoms with Gasteiger partial charge < -0.3 is 15.0 Å². The van der Waals surface area contributed by atoms with Crippen molar-refractivity contribution in [3.8, 4) is 5.75 Å². The third-order valence-electron chi connectivity index (χ3n) is 5.21. The van der Waals surface area contributed by atoms with E-state index in [2.05, 4.69) is 10.3 Å². The second-order valence-corrected chi connectivity index (χ2v) is 8.33. The van der Waals surface area contributed by atoms with E-state index in [4.69, 9.17) is 9.72 Å². The van der Waals surface area contributed by atoms with Gasteiger partial charge in [0.25, 0.3) is 0 Å². The summed E-state index contributed by atoms with van der Waals surface area (Å²) in [6, 6.07) is 13.8. The van der Waals surface area contributed by atoms with Crippen molar-refractivity contribution < 1.29 is 9.53 Å². The third-order valence-corrected chi connectivity index (χ3v) is 6.08. The smallest absolute Gasteiger partial charge is 0.226 e.